The van der Waals surface area contributed by atoms with Crippen molar-refractivity contribution in [3.05, 3.63) is 174 Å². The molecule has 284 valence electrons. The van der Waals surface area contributed by atoms with Crippen molar-refractivity contribution >= 4 is 40.7 Å². The first-order valence-corrected chi connectivity index (χ1v) is 18.8. The van der Waals surface area contributed by atoms with Gasteiger partial charge in [0.25, 0.3) is 11.8 Å². The maximum Gasteiger partial charge on any atom is 0.285 e. The van der Waals surface area contributed by atoms with Crippen molar-refractivity contribution in [3.63, 3.8) is 0 Å². The number of allylic oxidation sites excluding steroid dienone is 5. The Kier molecular flexibility index (Phi) is 13.0. The first-order valence-electron chi connectivity index (χ1n) is 17.8. The number of amidine groups is 1. The number of methoxy groups -OCH3 is 1. The van der Waals surface area contributed by atoms with Crippen molar-refractivity contribution in [2.75, 3.05) is 19.7 Å². The number of fused-ring (bicyclic) bond motifs is 1. The van der Waals surface area contributed by atoms with E-state index in [1.807, 2.05) is 84.9 Å². The molecule has 3 amide bonds. The van der Waals surface area contributed by atoms with Gasteiger partial charge in [0.1, 0.15) is 12.2 Å². The molecular formula is C45H41N3O7S. The van der Waals surface area contributed by atoms with Crippen molar-refractivity contribution in [3.8, 4) is 23.0 Å². The van der Waals surface area contributed by atoms with Gasteiger partial charge in [-0.3, -0.25) is 19.3 Å². The summed E-state index contributed by atoms with van der Waals surface area (Å²) in [7, 11) is 1.52. The van der Waals surface area contributed by atoms with Gasteiger partial charge in [0.15, 0.2) is 28.2 Å². The van der Waals surface area contributed by atoms with Crippen LogP contribution in [0.5, 0.6) is 23.0 Å². The normalized spacial score (nSPS) is 14.6. The number of nitrogens with zero attached hydrogens (tertiary/aromatic N) is 2. The number of hydrogen-bond donors (Lipinski definition) is 1. The van der Waals surface area contributed by atoms with E-state index in [2.05, 4.69) is 23.5 Å². The Morgan fingerprint density at radius 3 is 2.36 bits per heavy atom. The molecule has 0 bridgehead atoms. The zero-order chi connectivity index (χ0) is 39.4. The van der Waals surface area contributed by atoms with Gasteiger partial charge in [-0.05, 0) is 72.0 Å². The lowest BCUT2D eigenvalue weighted by Gasteiger charge is -2.28. The number of nitrogens with one attached hydrogen (secondary N) is 1. The fourth-order valence-electron chi connectivity index (χ4n) is 6.14. The Hall–Kier alpha value is -6.59. The van der Waals surface area contributed by atoms with Crippen molar-refractivity contribution in [2.45, 2.75) is 26.0 Å². The lowest BCUT2D eigenvalue weighted by Crippen LogP contribution is -2.42. The smallest absolute Gasteiger partial charge is 0.285 e. The third-order valence-electron chi connectivity index (χ3n) is 8.78. The highest BCUT2D eigenvalue weighted by atomic mass is 32.2. The molecule has 4 aromatic rings. The molecule has 0 spiro atoms. The summed E-state index contributed by atoms with van der Waals surface area (Å²) in [5, 5.41) is 3.18. The van der Waals surface area contributed by atoms with Gasteiger partial charge in [0.05, 0.1) is 18.9 Å². The average Bonchev–Trinajstić information content (AvgIpc) is 3.70. The predicted octanol–water partition coefficient (Wildman–Crippen LogP) is 8.12. The summed E-state index contributed by atoms with van der Waals surface area (Å²) in [4.78, 5) is 47.2. The zero-order valence-electron chi connectivity index (χ0n) is 31.1. The Bertz CT molecular complexity index is 2210. The molecule has 4 aromatic carbocycles. The number of ether oxygens (including phenoxy) is 4. The summed E-state index contributed by atoms with van der Waals surface area (Å²) in [6, 6.07) is 28.0. The Balaban J connectivity index is 1.27. The van der Waals surface area contributed by atoms with E-state index < -0.39 is 17.9 Å². The lowest BCUT2D eigenvalue weighted by molar-refractivity contribution is -0.126. The number of aliphatic imine (C=N–C) groups is 1. The highest BCUT2D eigenvalue weighted by molar-refractivity contribution is 8.14. The molecule has 0 saturated carbocycles. The van der Waals surface area contributed by atoms with Crippen LogP contribution in [0.4, 0.5) is 0 Å². The number of thioether (sulfide) groups is 1. The minimum absolute atomic E-state index is 0.0716. The van der Waals surface area contributed by atoms with Gasteiger partial charge in [0.2, 0.25) is 12.7 Å². The van der Waals surface area contributed by atoms with E-state index in [0.717, 1.165) is 34.0 Å². The van der Waals surface area contributed by atoms with Crippen molar-refractivity contribution in [2.24, 2.45) is 4.99 Å². The predicted molar refractivity (Wildman–Crippen MR) is 219 cm³/mol. The molecule has 6 rings (SSSR count). The van der Waals surface area contributed by atoms with Crippen LogP contribution in [0, 0.1) is 0 Å². The number of benzene rings is 4. The second kappa shape index (κ2) is 18.6. The summed E-state index contributed by atoms with van der Waals surface area (Å²) in [5.41, 5.74) is 4.23. The van der Waals surface area contributed by atoms with E-state index in [1.165, 1.54) is 18.1 Å². The SMILES string of the molecule is C=C/C=C\C(=C/C)N1C(=O)/C(=C/c2cc(CC=C)c(OCc3ccc4c(c3)OCO4)c(OC)c2)C(=O)N=C1SCC(=O)NC(c1ccccc1)c1ccccc1. The standard InChI is InChI=1S/C45H41N3O7S/c1-5-8-20-35(7-3)48-44(51)36(43(50)47-45(48)56-28-40(49)46-41(32-16-11-9-12-17-32)33-18-13-10-14-19-33)24-31-23-34(15-6-2)42(39(26-31)52-4)53-27-30-21-22-37-38(25-30)55-29-54-37/h5-14,16-26,41H,1-2,15,27-29H2,3-4H3,(H,46,49)/b20-8-,35-7+,36-24+. The van der Waals surface area contributed by atoms with E-state index in [9.17, 15) is 14.4 Å². The van der Waals surface area contributed by atoms with Crippen LogP contribution in [-0.4, -0.2) is 47.4 Å². The van der Waals surface area contributed by atoms with Crippen LogP contribution < -0.4 is 24.3 Å². The first kappa shape index (κ1) is 39.1. The van der Waals surface area contributed by atoms with E-state index in [0.29, 0.717) is 40.7 Å². The topological polar surface area (TPSA) is 116 Å². The molecular weight excluding hydrogens is 727 g/mol. The zero-order valence-corrected chi connectivity index (χ0v) is 31.9. The van der Waals surface area contributed by atoms with Gasteiger partial charge in [-0.15, -0.1) is 6.58 Å². The van der Waals surface area contributed by atoms with Crippen LogP contribution in [0.25, 0.3) is 6.08 Å². The summed E-state index contributed by atoms with van der Waals surface area (Å²) in [5.74, 6) is 0.475. The monoisotopic (exact) mass is 767 g/mol. The van der Waals surface area contributed by atoms with Crippen molar-refractivity contribution < 1.29 is 33.3 Å². The molecule has 0 aliphatic carbocycles. The largest absolute Gasteiger partial charge is 0.493 e. The summed E-state index contributed by atoms with van der Waals surface area (Å²) in [6.45, 7) is 9.81. The molecule has 0 saturated heterocycles. The molecule has 2 aliphatic rings. The van der Waals surface area contributed by atoms with E-state index >= 15 is 0 Å². The van der Waals surface area contributed by atoms with Gasteiger partial charge in [-0.1, -0.05) is 109 Å². The number of carbonyl (C=O) groups is 3. The maximum atomic E-state index is 14.3. The van der Waals surface area contributed by atoms with Crippen molar-refractivity contribution in [1.29, 1.82) is 0 Å². The molecule has 2 aliphatic heterocycles. The van der Waals surface area contributed by atoms with Gasteiger partial charge in [0, 0.05) is 11.3 Å². The number of hydrogen-bond acceptors (Lipinski definition) is 8. The number of amides is 3. The fraction of sp³-hybridized carbons (Fsp3) is 0.156. The molecule has 0 radical (unpaired) electrons. The Morgan fingerprint density at radius 2 is 1.70 bits per heavy atom. The molecule has 2 heterocycles. The van der Waals surface area contributed by atoms with Crippen LogP contribution in [0.1, 0.15) is 40.8 Å². The highest BCUT2D eigenvalue weighted by Crippen LogP contribution is 2.37. The lowest BCUT2D eigenvalue weighted by atomic mass is 9.99. The fourth-order valence-corrected chi connectivity index (χ4v) is 6.94. The average molecular weight is 768 g/mol. The molecule has 1 N–H and O–H groups in total. The molecule has 11 heteroatoms. The van der Waals surface area contributed by atoms with Crippen LogP contribution in [-0.2, 0) is 27.4 Å². The highest BCUT2D eigenvalue weighted by Gasteiger charge is 2.35. The van der Waals surface area contributed by atoms with E-state index in [4.69, 9.17) is 18.9 Å². The van der Waals surface area contributed by atoms with Gasteiger partial charge in [-0.2, -0.15) is 4.99 Å². The van der Waals surface area contributed by atoms with Crippen LogP contribution in [0.2, 0.25) is 0 Å². The van der Waals surface area contributed by atoms with Gasteiger partial charge in [-0.25, -0.2) is 0 Å². The van der Waals surface area contributed by atoms with E-state index in [1.54, 1.807) is 43.4 Å². The first-order chi connectivity index (χ1) is 27.3. The van der Waals surface area contributed by atoms with E-state index in [-0.39, 0.29) is 35.8 Å². The van der Waals surface area contributed by atoms with Gasteiger partial charge < -0.3 is 24.3 Å². The molecule has 0 aromatic heterocycles. The summed E-state index contributed by atoms with van der Waals surface area (Å²) in [6.07, 6.45) is 10.3. The summed E-state index contributed by atoms with van der Waals surface area (Å²) >= 11 is 0.998. The van der Waals surface area contributed by atoms with Gasteiger partial charge >= 0.3 is 0 Å². The molecule has 56 heavy (non-hydrogen) atoms. The minimum Gasteiger partial charge on any atom is -0.493 e. The van der Waals surface area contributed by atoms with Crippen LogP contribution in [0.15, 0.2) is 151 Å². The second-order valence-electron chi connectivity index (χ2n) is 12.5. The molecule has 10 nitrogen and oxygen atoms in total. The third-order valence-corrected chi connectivity index (χ3v) is 9.72. The quantitative estimate of drug-likeness (QED) is 0.0559. The number of carbonyl (C=O) groups excluding carboxylic acids is 3. The Morgan fingerprint density at radius 1 is 0.982 bits per heavy atom. The molecule has 0 unspecified atom stereocenters. The van der Waals surface area contributed by atoms with Crippen LogP contribution >= 0.6 is 11.8 Å². The third kappa shape index (κ3) is 9.19. The van der Waals surface area contributed by atoms with Crippen molar-refractivity contribution in [1.82, 2.24) is 10.2 Å². The Labute approximate surface area is 330 Å². The molecule has 0 fully saturated rings. The molecule has 0 atom stereocenters. The summed E-state index contributed by atoms with van der Waals surface area (Å²) < 4.78 is 22.9. The second-order valence-corrected chi connectivity index (χ2v) is 13.4. The minimum atomic E-state index is -0.740. The maximum absolute atomic E-state index is 14.3. The number of rotatable bonds is 15. The van der Waals surface area contributed by atoms with Crippen LogP contribution in [0.3, 0.4) is 0 Å².